The van der Waals surface area contributed by atoms with Crippen LogP contribution in [0.3, 0.4) is 0 Å². The third-order valence-electron chi connectivity index (χ3n) is 2.58. The molecule has 0 aromatic heterocycles. The van der Waals surface area contributed by atoms with Crippen LogP contribution in [0.4, 0.5) is 10.5 Å². The maximum atomic E-state index is 11.7. The Morgan fingerprint density at radius 2 is 2.20 bits per heavy atom. The lowest BCUT2D eigenvalue weighted by Gasteiger charge is -2.11. The van der Waals surface area contributed by atoms with Gasteiger partial charge in [-0.2, -0.15) is 11.8 Å². The summed E-state index contributed by atoms with van der Waals surface area (Å²) in [6.45, 7) is 5.82. The van der Waals surface area contributed by atoms with Crippen LogP contribution in [0.1, 0.15) is 15.9 Å². The second kappa shape index (κ2) is 8.27. The van der Waals surface area contributed by atoms with Crippen LogP contribution < -0.4 is 10.6 Å². The molecule has 0 atom stereocenters. The molecule has 0 radical (unpaired) electrons. The van der Waals surface area contributed by atoms with Gasteiger partial charge < -0.3 is 15.7 Å². The van der Waals surface area contributed by atoms with E-state index < -0.39 is 5.97 Å². The third-order valence-corrected chi connectivity index (χ3v) is 3.54. The standard InChI is InChI=1S/C14H18N2O3S/c1-3-8-20-9-7-15-14(19)16-12-6-4-5-11(10(12)2)13(17)18/h3-6H,1,7-9H2,2H3,(H,17,18)(H2,15,16,19). The highest BCUT2D eigenvalue weighted by atomic mass is 32.2. The molecule has 0 saturated carbocycles. The first-order valence-electron chi connectivity index (χ1n) is 6.12. The molecule has 3 N–H and O–H groups in total. The molecule has 5 nitrogen and oxygen atoms in total. The van der Waals surface area contributed by atoms with E-state index in [0.29, 0.717) is 17.8 Å². The van der Waals surface area contributed by atoms with Crippen molar-refractivity contribution in [3.8, 4) is 0 Å². The van der Waals surface area contributed by atoms with Crippen molar-refractivity contribution in [3.63, 3.8) is 0 Å². The highest BCUT2D eigenvalue weighted by molar-refractivity contribution is 7.99. The average molecular weight is 294 g/mol. The highest BCUT2D eigenvalue weighted by Crippen LogP contribution is 2.18. The van der Waals surface area contributed by atoms with E-state index in [1.165, 1.54) is 6.07 Å². The van der Waals surface area contributed by atoms with E-state index >= 15 is 0 Å². The molecule has 0 heterocycles. The van der Waals surface area contributed by atoms with Crippen molar-refractivity contribution in [2.45, 2.75) is 6.92 Å². The van der Waals surface area contributed by atoms with E-state index in [1.54, 1.807) is 30.8 Å². The number of carbonyl (C=O) groups excluding carboxylic acids is 1. The van der Waals surface area contributed by atoms with Gasteiger partial charge in [-0.05, 0) is 24.6 Å². The number of hydrogen-bond donors (Lipinski definition) is 3. The Kier molecular flexibility index (Phi) is 6.66. The zero-order valence-electron chi connectivity index (χ0n) is 11.3. The van der Waals surface area contributed by atoms with Crippen LogP contribution in [0.25, 0.3) is 0 Å². The predicted molar refractivity (Wildman–Crippen MR) is 82.7 cm³/mol. The first kappa shape index (κ1) is 16.1. The largest absolute Gasteiger partial charge is 0.478 e. The van der Waals surface area contributed by atoms with Gasteiger partial charge in [0.05, 0.1) is 5.56 Å². The van der Waals surface area contributed by atoms with Crippen molar-refractivity contribution in [3.05, 3.63) is 42.0 Å². The molecular formula is C14H18N2O3S. The molecule has 0 fully saturated rings. The Hall–Kier alpha value is -1.95. The molecule has 2 amide bonds. The zero-order valence-corrected chi connectivity index (χ0v) is 12.1. The van der Waals surface area contributed by atoms with Gasteiger partial charge in [0.15, 0.2) is 0 Å². The Bertz CT molecular complexity index is 503. The Morgan fingerprint density at radius 1 is 1.45 bits per heavy atom. The maximum Gasteiger partial charge on any atom is 0.336 e. The quantitative estimate of drug-likeness (QED) is 0.534. The highest BCUT2D eigenvalue weighted by Gasteiger charge is 2.11. The predicted octanol–water partition coefficient (Wildman–Crippen LogP) is 2.73. The molecule has 0 bridgehead atoms. The lowest BCUT2D eigenvalue weighted by molar-refractivity contribution is 0.0696. The van der Waals surface area contributed by atoms with Gasteiger partial charge in [-0.25, -0.2) is 9.59 Å². The molecule has 0 spiro atoms. The summed E-state index contributed by atoms with van der Waals surface area (Å²) in [6, 6.07) is 4.45. The van der Waals surface area contributed by atoms with Gasteiger partial charge in [-0.3, -0.25) is 0 Å². The number of carbonyl (C=O) groups is 2. The normalized spacial score (nSPS) is 9.85. The fourth-order valence-electron chi connectivity index (χ4n) is 1.57. The van der Waals surface area contributed by atoms with Crippen molar-refractivity contribution in [1.82, 2.24) is 5.32 Å². The minimum absolute atomic E-state index is 0.185. The van der Waals surface area contributed by atoms with E-state index in [2.05, 4.69) is 17.2 Å². The number of amides is 2. The van der Waals surface area contributed by atoms with Gasteiger partial charge in [-0.15, -0.1) is 6.58 Å². The minimum Gasteiger partial charge on any atom is -0.478 e. The third kappa shape index (κ3) is 4.97. The fraction of sp³-hybridized carbons (Fsp3) is 0.286. The average Bonchev–Trinajstić information content (AvgIpc) is 2.40. The maximum absolute atomic E-state index is 11.7. The molecule has 0 unspecified atom stereocenters. The number of aromatic carboxylic acids is 1. The molecule has 1 rings (SSSR count). The molecule has 0 aliphatic heterocycles. The molecule has 0 saturated heterocycles. The summed E-state index contributed by atoms with van der Waals surface area (Å²) in [6.07, 6.45) is 1.81. The number of rotatable bonds is 7. The van der Waals surface area contributed by atoms with E-state index in [-0.39, 0.29) is 11.6 Å². The van der Waals surface area contributed by atoms with Crippen LogP contribution in [0.2, 0.25) is 0 Å². The van der Waals surface area contributed by atoms with Gasteiger partial charge >= 0.3 is 12.0 Å². The van der Waals surface area contributed by atoms with Gasteiger partial charge in [0.2, 0.25) is 0 Å². The number of thioether (sulfide) groups is 1. The van der Waals surface area contributed by atoms with E-state index in [1.807, 2.05) is 6.08 Å². The number of urea groups is 1. The summed E-state index contributed by atoms with van der Waals surface area (Å²) < 4.78 is 0. The first-order chi connectivity index (χ1) is 9.56. The molecule has 6 heteroatoms. The molecule has 20 heavy (non-hydrogen) atoms. The summed E-state index contributed by atoms with van der Waals surface area (Å²) >= 11 is 1.67. The summed E-state index contributed by atoms with van der Waals surface area (Å²) in [4.78, 5) is 22.7. The van der Waals surface area contributed by atoms with Crippen LogP contribution in [0.15, 0.2) is 30.9 Å². The van der Waals surface area contributed by atoms with Crippen molar-refractivity contribution >= 4 is 29.4 Å². The SMILES string of the molecule is C=CCSCCNC(=O)Nc1cccc(C(=O)O)c1C. The van der Waals surface area contributed by atoms with Crippen molar-refractivity contribution < 1.29 is 14.7 Å². The Labute approximate surface area is 122 Å². The van der Waals surface area contributed by atoms with Crippen LogP contribution in [0, 0.1) is 6.92 Å². The smallest absolute Gasteiger partial charge is 0.336 e. The first-order valence-corrected chi connectivity index (χ1v) is 7.28. The van der Waals surface area contributed by atoms with Gasteiger partial charge in [0.1, 0.15) is 0 Å². The number of benzene rings is 1. The summed E-state index contributed by atoms with van der Waals surface area (Å²) in [7, 11) is 0. The summed E-state index contributed by atoms with van der Waals surface area (Å²) in [5.74, 6) is 0.642. The van der Waals surface area contributed by atoms with E-state index in [9.17, 15) is 9.59 Å². The molecular weight excluding hydrogens is 276 g/mol. The van der Waals surface area contributed by atoms with Crippen LogP contribution in [-0.4, -0.2) is 35.2 Å². The number of anilines is 1. The summed E-state index contributed by atoms with van der Waals surface area (Å²) in [5, 5.41) is 14.4. The van der Waals surface area contributed by atoms with Crippen molar-refractivity contribution in [2.75, 3.05) is 23.4 Å². The number of hydrogen-bond acceptors (Lipinski definition) is 3. The van der Waals surface area contributed by atoms with Crippen LogP contribution in [-0.2, 0) is 0 Å². The van der Waals surface area contributed by atoms with E-state index in [0.717, 1.165) is 11.5 Å². The Morgan fingerprint density at radius 3 is 2.85 bits per heavy atom. The monoisotopic (exact) mass is 294 g/mol. The number of carboxylic acid groups (broad SMARTS) is 1. The minimum atomic E-state index is -1.01. The molecule has 0 aliphatic carbocycles. The second-order valence-corrected chi connectivity index (χ2v) is 5.18. The van der Waals surface area contributed by atoms with Crippen LogP contribution in [0.5, 0.6) is 0 Å². The lowest BCUT2D eigenvalue weighted by Crippen LogP contribution is -2.31. The summed E-state index contributed by atoms with van der Waals surface area (Å²) in [5.41, 5.74) is 1.22. The van der Waals surface area contributed by atoms with Crippen molar-refractivity contribution in [1.29, 1.82) is 0 Å². The van der Waals surface area contributed by atoms with Gasteiger partial charge in [-0.1, -0.05) is 12.1 Å². The van der Waals surface area contributed by atoms with Gasteiger partial charge in [0, 0.05) is 23.7 Å². The lowest BCUT2D eigenvalue weighted by atomic mass is 10.1. The number of carboxylic acids is 1. The topological polar surface area (TPSA) is 78.4 Å². The zero-order chi connectivity index (χ0) is 15.0. The van der Waals surface area contributed by atoms with E-state index in [4.69, 9.17) is 5.11 Å². The van der Waals surface area contributed by atoms with Crippen LogP contribution >= 0.6 is 11.8 Å². The number of nitrogens with one attached hydrogen (secondary N) is 2. The molecule has 1 aromatic carbocycles. The Balaban J connectivity index is 2.52. The second-order valence-electron chi connectivity index (χ2n) is 4.03. The van der Waals surface area contributed by atoms with Gasteiger partial charge in [0.25, 0.3) is 0 Å². The van der Waals surface area contributed by atoms with Crippen molar-refractivity contribution in [2.24, 2.45) is 0 Å². The molecule has 1 aromatic rings. The fourth-order valence-corrected chi connectivity index (χ4v) is 2.15. The molecule has 0 aliphatic rings. The molecule has 108 valence electrons.